The summed E-state index contributed by atoms with van der Waals surface area (Å²) in [6, 6.07) is 3.07. The molecule has 0 aliphatic heterocycles. The zero-order valence-corrected chi connectivity index (χ0v) is 10.8. The third-order valence-electron chi connectivity index (χ3n) is 2.19. The largest absolute Gasteiger partial charge is 0.465 e. The first kappa shape index (κ1) is 13.2. The van der Waals surface area contributed by atoms with Crippen LogP contribution in [0.3, 0.4) is 0 Å². The monoisotopic (exact) mass is 246 g/mol. The molecule has 0 bridgehead atoms. The molecule has 16 heavy (non-hydrogen) atoms. The molecule has 1 aromatic heterocycles. The van der Waals surface area contributed by atoms with Crippen LogP contribution in [0, 0.1) is 12.3 Å². The van der Waals surface area contributed by atoms with E-state index in [9.17, 15) is 8.42 Å². The fourth-order valence-electron chi connectivity index (χ4n) is 1.43. The summed E-state index contributed by atoms with van der Waals surface area (Å²) in [5, 5.41) is 5.00. The standard InChI is InChI=1S/C10H18N2O3S/c1-7-5-6-8(15-7)9(10(2,3)4)12-16(11,13)14/h5-6,9,12H,1-4H3,(H2,11,13,14)/t9-/m0/s1. The highest BCUT2D eigenvalue weighted by Gasteiger charge is 2.31. The SMILES string of the molecule is Cc1ccc([C@H](NS(N)(=O)=O)C(C)(C)C)o1. The zero-order valence-electron chi connectivity index (χ0n) is 9.94. The lowest BCUT2D eigenvalue weighted by molar-refractivity contribution is 0.262. The van der Waals surface area contributed by atoms with Gasteiger partial charge in [0.15, 0.2) is 0 Å². The fraction of sp³-hybridized carbons (Fsp3) is 0.600. The van der Waals surface area contributed by atoms with Crippen molar-refractivity contribution in [2.24, 2.45) is 10.6 Å². The van der Waals surface area contributed by atoms with E-state index in [0.717, 1.165) is 5.76 Å². The molecule has 5 nitrogen and oxygen atoms in total. The first-order chi connectivity index (χ1) is 7.09. The van der Waals surface area contributed by atoms with E-state index in [1.165, 1.54) is 0 Å². The van der Waals surface area contributed by atoms with E-state index >= 15 is 0 Å². The summed E-state index contributed by atoms with van der Waals surface area (Å²) in [6.07, 6.45) is 0. The Labute approximate surface area is 96.2 Å². The van der Waals surface area contributed by atoms with Crippen LogP contribution in [0.5, 0.6) is 0 Å². The van der Waals surface area contributed by atoms with Gasteiger partial charge in [0.2, 0.25) is 0 Å². The summed E-state index contributed by atoms with van der Waals surface area (Å²) in [5.41, 5.74) is -0.323. The van der Waals surface area contributed by atoms with Gasteiger partial charge in [0, 0.05) is 0 Å². The van der Waals surface area contributed by atoms with Gasteiger partial charge in [-0.05, 0) is 24.5 Å². The molecular formula is C10H18N2O3S. The summed E-state index contributed by atoms with van der Waals surface area (Å²) in [4.78, 5) is 0. The Morgan fingerprint density at radius 1 is 1.38 bits per heavy atom. The van der Waals surface area contributed by atoms with Gasteiger partial charge in [-0.3, -0.25) is 0 Å². The quantitative estimate of drug-likeness (QED) is 0.846. The second kappa shape index (κ2) is 4.20. The van der Waals surface area contributed by atoms with Gasteiger partial charge >= 0.3 is 0 Å². The average Bonchev–Trinajstić information content (AvgIpc) is 2.43. The van der Waals surface area contributed by atoms with Crippen molar-refractivity contribution in [3.63, 3.8) is 0 Å². The maximum absolute atomic E-state index is 11.1. The van der Waals surface area contributed by atoms with Crippen LogP contribution in [0.1, 0.15) is 38.3 Å². The van der Waals surface area contributed by atoms with Crippen molar-refractivity contribution in [1.82, 2.24) is 4.72 Å². The molecule has 0 radical (unpaired) electrons. The van der Waals surface area contributed by atoms with Crippen molar-refractivity contribution in [2.75, 3.05) is 0 Å². The average molecular weight is 246 g/mol. The second-order valence-electron chi connectivity index (χ2n) is 4.91. The normalized spacial score (nSPS) is 15.1. The topological polar surface area (TPSA) is 85.3 Å². The van der Waals surface area contributed by atoms with Crippen LogP contribution < -0.4 is 9.86 Å². The van der Waals surface area contributed by atoms with Crippen molar-refractivity contribution < 1.29 is 12.8 Å². The predicted molar refractivity (Wildman–Crippen MR) is 61.9 cm³/mol. The lowest BCUT2D eigenvalue weighted by atomic mass is 9.86. The van der Waals surface area contributed by atoms with Crippen LogP contribution in [-0.4, -0.2) is 8.42 Å². The molecule has 0 amide bonds. The van der Waals surface area contributed by atoms with Gasteiger partial charge in [0.05, 0.1) is 6.04 Å². The number of nitrogens with two attached hydrogens (primary N) is 1. The second-order valence-corrected chi connectivity index (χ2v) is 6.24. The molecule has 0 fully saturated rings. The van der Waals surface area contributed by atoms with E-state index in [1.54, 1.807) is 19.1 Å². The van der Waals surface area contributed by atoms with Crippen molar-refractivity contribution in [3.05, 3.63) is 23.7 Å². The third kappa shape index (κ3) is 3.62. The van der Waals surface area contributed by atoms with Crippen molar-refractivity contribution in [3.8, 4) is 0 Å². The van der Waals surface area contributed by atoms with E-state index in [-0.39, 0.29) is 5.41 Å². The van der Waals surface area contributed by atoms with Crippen molar-refractivity contribution >= 4 is 10.2 Å². The first-order valence-corrected chi connectivity index (χ1v) is 6.50. The number of hydrogen-bond acceptors (Lipinski definition) is 3. The Hall–Kier alpha value is -0.850. The van der Waals surface area contributed by atoms with Crippen molar-refractivity contribution in [2.45, 2.75) is 33.7 Å². The summed E-state index contributed by atoms with van der Waals surface area (Å²) in [5.74, 6) is 1.31. The molecule has 92 valence electrons. The maximum Gasteiger partial charge on any atom is 0.275 e. The van der Waals surface area contributed by atoms with Crippen LogP contribution in [-0.2, 0) is 10.2 Å². The maximum atomic E-state index is 11.1. The lowest BCUT2D eigenvalue weighted by Crippen LogP contribution is -2.40. The van der Waals surface area contributed by atoms with Gasteiger partial charge in [0.25, 0.3) is 10.2 Å². The molecule has 0 aliphatic rings. The first-order valence-electron chi connectivity index (χ1n) is 4.96. The van der Waals surface area contributed by atoms with Crippen LogP contribution in [0.2, 0.25) is 0 Å². The van der Waals surface area contributed by atoms with Gasteiger partial charge in [-0.25, -0.2) is 5.14 Å². The molecule has 0 spiro atoms. The Kier molecular flexibility index (Phi) is 3.47. The number of furan rings is 1. The lowest BCUT2D eigenvalue weighted by Gasteiger charge is -2.28. The minimum Gasteiger partial charge on any atom is -0.465 e. The van der Waals surface area contributed by atoms with Crippen LogP contribution in [0.4, 0.5) is 0 Å². The number of nitrogens with one attached hydrogen (secondary N) is 1. The number of hydrogen-bond donors (Lipinski definition) is 2. The molecule has 1 atom stereocenters. The highest BCUT2D eigenvalue weighted by Crippen LogP contribution is 2.33. The van der Waals surface area contributed by atoms with E-state index in [0.29, 0.717) is 5.76 Å². The molecule has 0 aliphatic carbocycles. The molecular weight excluding hydrogens is 228 g/mol. The molecule has 0 saturated heterocycles. The Morgan fingerprint density at radius 2 is 1.94 bits per heavy atom. The summed E-state index contributed by atoms with van der Waals surface area (Å²) in [7, 11) is -3.76. The molecule has 3 N–H and O–H groups in total. The Balaban J connectivity index is 3.07. The molecule has 1 aromatic rings. The predicted octanol–water partition coefficient (Wildman–Crippen LogP) is 1.47. The van der Waals surface area contributed by atoms with E-state index in [2.05, 4.69) is 4.72 Å². The Bertz CT molecular complexity index is 457. The third-order valence-corrected chi connectivity index (χ3v) is 2.76. The van der Waals surface area contributed by atoms with Gasteiger partial charge in [-0.2, -0.15) is 13.1 Å². The van der Waals surface area contributed by atoms with Crippen LogP contribution in [0.15, 0.2) is 16.5 Å². The molecule has 1 heterocycles. The van der Waals surface area contributed by atoms with Gasteiger partial charge in [-0.15, -0.1) is 0 Å². The highest BCUT2D eigenvalue weighted by molar-refractivity contribution is 7.87. The van der Waals surface area contributed by atoms with E-state index < -0.39 is 16.3 Å². The minimum absolute atomic E-state index is 0.323. The zero-order chi connectivity index (χ0) is 12.6. The molecule has 0 aromatic carbocycles. The molecule has 0 unspecified atom stereocenters. The molecule has 0 saturated carbocycles. The summed E-state index contributed by atoms with van der Waals surface area (Å²) < 4.78 is 30.0. The fourth-order valence-corrected chi connectivity index (χ4v) is 2.23. The number of aryl methyl sites for hydroxylation is 1. The van der Waals surface area contributed by atoms with Crippen LogP contribution >= 0.6 is 0 Å². The smallest absolute Gasteiger partial charge is 0.275 e. The van der Waals surface area contributed by atoms with E-state index in [4.69, 9.17) is 9.56 Å². The van der Waals surface area contributed by atoms with E-state index in [1.807, 2.05) is 20.8 Å². The summed E-state index contributed by atoms with van der Waals surface area (Å²) in [6.45, 7) is 7.54. The van der Waals surface area contributed by atoms with Gasteiger partial charge < -0.3 is 4.42 Å². The van der Waals surface area contributed by atoms with Crippen molar-refractivity contribution in [1.29, 1.82) is 0 Å². The molecule has 6 heteroatoms. The summed E-state index contributed by atoms with van der Waals surface area (Å²) >= 11 is 0. The Morgan fingerprint density at radius 3 is 2.25 bits per heavy atom. The highest BCUT2D eigenvalue weighted by atomic mass is 32.2. The van der Waals surface area contributed by atoms with Crippen LogP contribution in [0.25, 0.3) is 0 Å². The number of rotatable bonds is 3. The van der Waals surface area contributed by atoms with Gasteiger partial charge in [-0.1, -0.05) is 20.8 Å². The minimum atomic E-state index is -3.76. The van der Waals surface area contributed by atoms with Gasteiger partial charge in [0.1, 0.15) is 11.5 Å². The molecule has 1 rings (SSSR count).